The molecule has 100 valence electrons. The van der Waals surface area contributed by atoms with Gasteiger partial charge in [-0.2, -0.15) is 5.26 Å². The average molecular weight is 257 g/mol. The zero-order valence-corrected chi connectivity index (χ0v) is 11.2. The van der Waals surface area contributed by atoms with Crippen molar-refractivity contribution in [3.8, 4) is 6.07 Å². The SMILES string of the molecule is CN(Cc1ccc(C#N)cc1)C(=O)CC1CCCN1. The zero-order chi connectivity index (χ0) is 13.7. The zero-order valence-electron chi connectivity index (χ0n) is 11.2. The summed E-state index contributed by atoms with van der Waals surface area (Å²) in [5.74, 6) is 0.170. The first-order chi connectivity index (χ1) is 9.19. The molecule has 2 rings (SSSR count). The molecule has 0 spiro atoms. The van der Waals surface area contributed by atoms with Crippen LogP contribution in [0.25, 0.3) is 0 Å². The molecule has 1 aromatic carbocycles. The molecular weight excluding hydrogens is 238 g/mol. The third-order valence-corrected chi connectivity index (χ3v) is 3.51. The van der Waals surface area contributed by atoms with Crippen LogP contribution in [0.3, 0.4) is 0 Å². The Balaban J connectivity index is 1.86. The van der Waals surface area contributed by atoms with Crippen molar-refractivity contribution in [3.05, 3.63) is 35.4 Å². The van der Waals surface area contributed by atoms with Crippen LogP contribution in [-0.4, -0.2) is 30.4 Å². The molecule has 1 N–H and O–H groups in total. The fourth-order valence-electron chi connectivity index (χ4n) is 2.34. The van der Waals surface area contributed by atoms with Crippen LogP contribution in [0.15, 0.2) is 24.3 Å². The fourth-order valence-corrected chi connectivity index (χ4v) is 2.34. The van der Waals surface area contributed by atoms with Gasteiger partial charge in [0.15, 0.2) is 0 Å². The number of nitrogens with one attached hydrogen (secondary N) is 1. The summed E-state index contributed by atoms with van der Waals surface area (Å²) in [5, 5.41) is 12.1. The van der Waals surface area contributed by atoms with E-state index < -0.39 is 0 Å². The van der Waals surface area contributed by atoms with Gasteiger partial charge in [0.2, 0.25) is 5.91 Å². The molecule has 1 aliphatic heterocycles. The summed E-state index contributed by atoms with van der Waals surface area (Å²) in [6.45, 7) is 1.62. The standard InChI is InChI=1S/C15H19N3O/c1-18(15(19)9-14-3-2-8-17-14)11-13-6-4-12(10-16)5-7-13/h4-7,14,17H,2-3,8-9,11H2,1H3. The normalized spacial score (nSPS) is 18.0. The lowest BCUT2D eigenvalue weighted by molar-refractivity contribution is -0.130. The molecule has 0 saturated carbocycles. The van der Waals surface area contributed by atoms with Gasteiger partial charge in [-0.1, -0.05) is 12.1 Å². The number of rotatable bonds is 4. The highest BCUT2D eigenvalue weighted by atomic mass is 16.2. The molecule has 0 bridgehead atoms. The van der Waals surface area contributed by atoms with Gasteiger partial charge in [-0.15, -0.1) is 0 Å². The number of carbonyl (C=O) groups excluding carboxylic acids is 1. The van der Waals surface area contributed by atoms with Crippen LogP contribution in [0.5, 0.6) is 0 Å². The Morgan fingerprint density at radius 1 is 1.47 bits per heavy atom. The molecular formula is C15H19N3O. The highest BCUT2D eigenvalue weighted by Crippen LogP contribution is 2.12. The molecule has 0 aromatic heterocycles. The van der Waals surface area contributed by atoms with Crippen molar-refractivity contribution < 1.29 is 4.79 Å². The van der Waals surface area contributed by atoms with Crippen molar-refractivity contribution in [1.82, 2.24) is 10.2 Å². The summed E-state index contributed by atoms with van der Waals surface area (Å²) in [7, 11) is 1.83. The van der Waals surface area contributed by atoms with Gasteiger partial charge in [-0.3, -0.25) is 4.79 Å². The van der Waals surface area contributed by atoms with E-state index in [9.17, 15) is 4.79 Å². The van der Waals surface area contributed by atoms with Crippen molar-refractivity contribution in [3.63, 3.8) is 0 Å². The highest BCUT2D eigenvalue weighted by molar-refractivity contribution is 5.76. The van der Waals surface area contributed by atoms with Crippen LogP contribution in [0.1, 0.15) is 30.4 Å². The van der Waals surface area contributed by atoms with Crippen molar-refractivity contribution in [1.29, 1.82) is 5.26 Å². The topological polar surface area (TPSA) is 56.1 Å². The minimum Gasteiger partial charge on any atom is -0.341 e. The molecule has 1 atom stereocenters. The second-order valence-electron chi connectivity index (χ2n) is 5.06. The van der Waals surface area contributed by atoms with Crippen molar-refractivity contribution in [2.24, 2.45) is 0 Å². The Kier molecular flexibility index (Phi) is 4.53. The van der Waals surface area contributed by atoms with Crippen LogP contribution in [0.2, 0.25) is 0 Å². The first kappa shape index (κ1) is 13.6. The van der Waals surface area contributed by atoms with Gasteiger partial charge in [0, 0.05) is 26.1 Å². The third-order valence-electron chi connectivity index (χ3n) is 3.51. The highest BCUT2D eigenvalue weighted by Gasteiger charge is 2.19. The van der Waals surface area contributed by atoms with Gasteiger partial charge < -0.3 is 10.2 Å². The van der Waals surface area contributed by atoms with Crippen LogP contribution >= 0.6 is 0 Å². The van der Waals surface area contributed by atoms with Crippen molar-refractivity contribution in [2.45, 2.75) is 31.8 Å². The summed E-state index contributed by atoms with van der Waals surface area (Å²) in [4.78, 5) is 13.8. The molecule has 4 heteroatoms. The summed E-state index contributed by atoms with van der Waals surface area (Å²) < 4.78 is 0. The second-order valence-corrected chi connectivity index (χ2v) is 5.06. The van der Waals surface area contributed by atoms with Crippen molar-refractivity contribution >= 4 is 5.91 Å². The average Bonchev–Trinajstić information content (AvgIpc) is 2.92. The molecule has 1 fully saturated rings. The lowest BCUT2D eigenvalue weighted by Gasteiger charge is -2.19. The predicted octanol–water partition coefficient (Wildman–Crippen LogP) is 1.66. The number of nitriles is 1. The van der Waals surface area contributed by atoms with Gasteiger partial charge in [0.25, 0.3) is 0 Å². The number of benzene rings is 1. The second kappa shape index (κ2) is 6.35. The van der Waals surface area contributed by atoms with Gasteiger partial charge in [0.1, 0.15) is 0 Å². The molecule has 1 heterocycles. The number of amides is 1. The maximum atomic E-state index is 12.1. The molecule has 1 amide bonds. The number of nitrogens with zero attached hydrogens (tertiary/aromatic N) is 2. The van der Waals surface area contributed by atoms with Crippen LogP contribution < -0.4 is 5.32 Å². The smallest absolute Gasteiger partial charge is 0.224 e. The van der Waals surface area contributed by atoms with Crippen LogP contribution in [-0.2, 0) is 11.3 Å². The lowest BCUT2D eigenvalue weighted by atomic mass is 10.1. The van der Waals surface area contributed by atoms with Crippen molar-refractivity contribution in [2.75, 3.05) is 13.6 Å². The summed E-state index contributed by atoms with van der Waals surface area (Å²) >= 11 is 0. The van der Waals surface area contributed by atoms with E-state index in [1.54, 1.807) is 17.0 Å². The molecule has 0 radical (unpaired) electrons. The largest absolute Gasteiger partial charge is 0.341 e. The number of hydrogen-bond acceptors (Lipinski definition) is 3. The van der Waals surface area contributed by atoms with Gasteiger partial charge in [-0.05, 0) is 37.1 Å². The molecule has 0 aliphatic carbocycles. The van der Waals surface area contributed by atoms with Crippen LogP contribution in [0.4, 0.5) is 0 Å². The molecule has 1 unspecified atom stereocenters. The summed E-state index contributed by atoms with van der Waals surface area (Å²) in [5.41, 5.74) is 1.70. The Bertz CT molecular complexity index is 469. The monoisotopic (exact) mass is 257 g/mol. The van der Waals surface area contributed by atoms with E-state index in [2.05, 4.69) is 11.4 Å². The molecule has 4 nitrogen and oxygen atoms in total. The summed E-state index contributed by atoms with van der Waals surface area (Å²) in [6.07, 6.45) is 2.83. The molecule has 1 aliphatic rings. The molecule has 19 heavy (non-hydrogen) atoms. The maximum absolute atomic E-state index is 12.1. The quantitative estimate of drug-likeness (QED) is 0.892. The van der Waals surface area contributed by atoms with E-state index in [-0.39, 0.29) is 5.91 Å². The first-order valence-electron chi connectivity index (χ1n) is 6.65. The fraction of sp³-hybridized carbons (Fsp3) is 0.467. The van der Waals surface area contributed by atoms with Crippen LogP contribution in [0, 0.1) is 11.3 Å². The number of hydrogen-bond donors (Lipinski definition) is 1. The van der Waals surface area contributed by atoms with E-state index in [0.29, 0.717) is 24.6 Å². The minimum absolute atomic E-state index is 0.170. The molecule has 1 aromatic rings. The van der Waals surface area contributed by atoms with E-state index in [4.69, 9.17) is 5.26 Å². The van der Waals surface area contributed by atoms with Gasteiger partial charge in [-0.25, -0.2) is 0 Å². The lowest BCUT2D eigenvalue weighted by Crippen LogP contribution is -2.33. The Labute approximate surface area is 114 Å². The first-order valence-corrected chi connectivity index (χ1v) is 6.65. The predicted molar refractivity (Wildman–Crippen MR) is 73.3 cm³/mol. The summed E-state index contributed by atoms with van der Waals surface area (Å²) in [6, 6.07) is 9.80. The van der Waals surface area contributed by atoms with E-state index in [0.717, 1.165) is 24.9 Å². The minimum atomic E-state index is 0.170. The van der Waals surface area contributed by atoms with E-state index in [1.165, 1.54) is 0 Å². The van der Waals surface area contributed by atoms with E-state index in [1.807, 2.05) is 19.2 Å². The Morgan fingerprint density at radius 3 is 2.79 bits per heavy atom. The number of carbonyl (C=O) groups is 1. The third kappa shape index (κ3) is 3.80. The molecule has 1 saturated heterocycles. The Hall–Kier alpha value is -1.86. The maximum Gasteiger partial charge on any atom is 0.224 e. The van der Waals surface area contributed by atoms with Gasteiger partial charge >= 0.3 is 0 Å². The Morgan fingerprint density at radius 2 is 2.21 bits per heavy atom. The van der Waals surface area contributed by atoms with Gasteiger partial charge in [0.05, 0.1) is 11.6 Å². The van der Waals surface area contributed by atoms with E-state index >= 15 is 0 Å².